The molecule has 0 aromatic carbocycles. The van der Waals surface area contributed by atoms with Gasteiger partial charge in [-0.25, -0.2) is 0 Å². The van der Waals surface area contributed by atoms with Gasteiger partial charge in [0.25, 0.3) is 0 Å². The number of ether oxygens (including phenoxy) is 2. The van der Waals surface area contributed by atoms with Crippen LogP contribution in [0.4, 0.5) is 0 Å². The van der Waals surface area contributed by atoms with Gasteiger partial charge < -0.3 is 40.3 Å². The van der Waals surface area contributed by atoms with E-state index < -0.39 is 49.5 Å². The molecule has 9 nitrogen and oxygen atoms in total. The molecule has 1 fully saturated rings. The van der Waals surface area contributed by atoms with Gasteiger partial charge in [0.1, 0.15) is 24.4 Å². The fourth-order valence-electron chi connectivity index (χ4n) is 8.83. The Bertz CT molecular complexity index is 1190. The summed E-state index contributed by atoms with van der Waals surface area (Å²) in [5.41, 5.74) is 0. The van der Waals surface area contributed by atoms with Crippen LogP contribution in [0.2, 0.25) is 0 Å². The molecule has 67 heavy (non-hydrogen) atoms. The number of rotatable bonds is 48. The van der Waals surface area contributed by atoms with E-state index in [2.05, 4.69) is 55.6 Å². The number of hydrogen-bond donors (Lipinski definition) is 6. The number of carbonyl (C=O) groups excluding carboxylic acids is 1. The quantitative estimate of drug-likeness (QED) is 0.0261. The molecule has 392 valence electrons. The van der Waals surface area contributed by atoms with Crippen molar-refractivity contribution >= 4 is 5.91 Å². The monoisotopic (exact) mass is 946 g/mol. The maximum absolute atomic E-state index is 13.0. The van der Waals surface area contributed by atoms with Crippen molar-refractivity contribution in [2.24, 2.45) is 0 Å². The molecule has 1 amide bonds. The molecule has 7 unspecified atom stereocenters. The Morgan fingerprint density at radius 2 is 0.851 bits per heavy atom. The molecule has 0 radical (unpaired) electrons. The number of hydrogen-bond acceptors (Lipinski definition) is 8. The summed E-state index contributed by atoms with van der Waals surface area (Å²) in [7, 11) is 0. The van der Waals surface area contributed by atoms with Crippen LogP contribution in [0, 0.1) is 0 Å². The number of unbranched alkanes of at least 4 members (excludes halogenated alkanes) is 32. The molecule has 1 aliphatic heterocycles. The van der Waals surface area contributed by atoms with Crippen LogP contribution in [-0.4, -0.2) is 87.5 Å². The summed E-state index contributed by atoms with van der Waals surface area (Å²) < 4.78 is 11.2. The van der Waals surface area contributed by atoms with Crippen LogP contribution in [-0.2, 0) is 14.3 Å². The summed E-state index contributed by atoms with van der Waals surface area (Å²) >= 11 is 0. The minimum atomic E-state index is -1.58. The topological polar surface area (TPSA) is 149 Å². The van der Waals surface area contributed by atoms with Crippen molar-refractivity contribution in [3.8, 4) is 0 Å². The van der Waals surface area contributed by atoms with E-state index in [1.54, 1.807) is 6.08 Å². The molecule has 1 rings (SSSR count). The fraction of sp³-hybridized carbons (Fsp3) is 0.845. The van der Waals surface area contributed by atoms with Gasteiger partial charge in [-0.15, -0.1) is 0 Å². The van der Waals surface area contributed by atoms with Crippen LogP contribution in [0.25, 0.3) is 0 Å². The third kappa shape index (κ3) is 37.6. The minimum Gasteiger partial charge on any atom is -0.394 e. The molecule has 0 spiro atoms. The lowest BCUT2D eigenvalue weighted by atomic mass is 9.99. The normalized spacial score (nSPS) is 20.0. The Hall–Kier alpha value is -1.85. The number of allylic oxidation sites excluding steroid dienone is 7. The van der Waals surface area contributed by atoms with E-state index in [4.69, 9.17) is 9.47 Å². The van der Waals surface area contributed by atoms with Crippen LogP contribution >= 0.6 is 0 Å². The summed E-state index contributed by atoms with van der Waals surface area (Å²) in [6.07, 6.45) is 56.0. The van der Waals surface area contributed by atoms with E-state index >= 15 is 0 Å². The first-order valence-electron chi connectivity index (χ1n) is 28.4. The van der Waals surface area contributed by atoms with E-state index in [9.17, 15) is 30.3 Å². The van der Waals surface area contributed by atoms with Crippen molar-refractivity contribution in [2.45, 2.75) is 301 Å². The first-order valence-corrected chi connectivity index (χ1v) is 28.4. The molecule has 0 bridgehead atoms. The highest BCUT2D eigenvalue weighted by Gasteiger charge is 2.44. The molecular weight excluding hydrogens is 839 g/mol. The molecule has 0 saturated carbocycles. The highest BCUT2D eigenvalue weighted by molar-refractivity contribution is 5.76. The van der Waals surface area contributed by atoms with Crippen molar-refractivity contribution in [3.63, 3.8) is 0 Å². The first kappa shape index (κ1) is 63.2. The second-order valence-corrected chi connectivity index (χ2v) is 19.7. The molecule has 1 aliphatic rings. The Balaban J connectivity index is 2.29. The zero-order chi connectivity index (χ0) is 48.7. The number of aliphatic hydroxyl groups excluding tert-OH is 5. The second kappa shape index (κ2) is 47.8. The molecule has 6 N–H and O–H groups in total. The third-order valence-electron chi connectivity index (χ3n) is 13.4. The molecular formula is C58H107NO8. The Labute approximate surface area is 412 Å². The van der Waals surface area contributed by atoms with Gasteiger partial charge in [-0.1, -0.05) is 229 Å². The standard InChI is InChI=1S/C58H107NO8/c1-3-5-7-9-11-13-15-17-19-21-23-25-26-28-29-31-33-35-37-39-41-43-45-47-52(61)51(50-66-58-57(65)56(64)55(63)53(49-60)67-58)59-54(62)48-46-44-42-40-38-36-34-32-30-27-24-22-20-18-16-14-12-10-8-6-4-2/h22,24,29,31,37,39,45,47,51-53,55-58,60-61,63-65H,3-21,23,25-28,30,32-36,38,40-44,46,48-50H2,1-2H3,(H,59,62)/b24-22-,31-29+,39-37+,47-45+. The summed E-state index contributed by atoms with van der Waals surface area (Å²) in [6.45, 7) is 3.78. The lowest BCUT2D eigenvalue weighted by Crippen LogP contribution is -2.60. The number of aliphatic hydroxyl groups is 5. The van der Waals surface area contributed by atoms with Crippen molar-refractivity contribution in [1.82, 2.24) is 5.32 Å². The Morgan fingerprint density at radius 3 is 1.25 bits per heavy atom. The zero-order valence-corrected chi connectivity index (χ0v) is 43.4. The van der Waals surface area contributed by atoms with Crippen molar-refractivity contribution < 1.29 is 39.8 Å². The highest BCUT2D eigenvalue weighted by atomic mass is 16.7. The second-order valence-electron chi connectivity index (χ2n) is 19.7. The average Bonchev–Trinajstić information content (AvgIpc) is 3.33. The highest BCUT2D eigenvalue weighted by Crippen LogP contribution is 2.23. The van der Waals surface area contributed by atoms with Gasteiger partial charge in [-0.3, -0.25) is 4.79 Å². The lowest BCUT2D eigenvalue weighted by Gasteiger charge is -2.40. The van der Waals surface area contributed by atoms with E-state index in [0.29, 0.717) is 6.42 Å². The van der Waals surface area contributed by atoms with Gasteiger partial charge in [0.2, 0.25) is 5.91 Å². The van der Waals surface area contributed by atoms with Crippen LogP contribution in [0.5, 0.6) is 0 Å². The van der Waals surface area contributed by atoms with Crippen molar-refractivity contribution in [3.05, 3.63) is 48.6 Å². The van der Waals surface area contributed by atoms with Gasteiger partial charge >= 0.3 is 0 Å². The zero-order valence-electron chi connectivity index (χ0n) is 43.4. The van der Waals surface area contributed by atoms with Crippen LogP contribution < -0.4 is 5.32 Å². The summed E-state index contributed by atoms with van der Waals surface area (Å²) in [5.74, 6) is -0.192. The number of nitrogens with one attached hydrogen (secondary N) is 1. The lowest BCUT2D eigenvalue weighted by molar-refractivity contribution is -0.302. The van der Waals surface area contributed by atoms with Gasteiger partial charge in [0, 0.05) is 6.42 Å². The molecule has 0 aromatic rings. The summed E-state index contributed by atoms with van der Waals surface area (Å²) in [4.78, 5) is 13.0. The maximum Gasteiger partial charge on any atom is 0.220 e. The SMILES string of the molecule is CCCCCCCCCC/C=C\CCCCCCCCCCCC(=O)NC(COC1OC(CO)C(O)C(O)C1O)C(O)/C=C/CC/C=C/CC/C=C/CCCCCCCCCCCCCCC. The molecule has 0 aliphatic carbocycles. The molecule has 1 saturated heterocycles. The van der Waals surface area contributed by atoms with E-state index in [1.165, 1.54) is 193 Å². The van der Waals surface area contributed by atoms with Gasteiger partial charge in [0.05, 0.1) is 25.4 Å². The molecule has 1 heterocycles. The fourth-order valence-corrected chi connectivity index (χ4v) is 8.83. The smallest absolute Gasteiger partial charge is 0.220 e. The molecule has 9 heteroatoms. The van der Waals surface area contributed by atoms with Crippen LogP contribution in [0.15, 0.2) is 48.6 Å². The van der Waals surface area contributed by atoms with Crippen molar-refractivity contribution in [1.29, 1.82) is 0 Å². The van der Waals surface area contributed by atoms with Crippen molar-refractivity contribution in [2.75, 3.05) is 13.2 Å². The Morgan fingerprint density at radius 1 is 0.493 bits per heavy atom. The number of carbonyl (C=O) groups is 1. The Kier molecular flexibility index (Phi) is 45.1. The van der Waals surface area contributed by atoms with Crippen LogP contribution in [0.3, 0.4) is 0 Å². The third-order valence-corrected chi connectivity index (χ3v) is 13.4. The summed E-state index contributed by atoms with van der Waals surface area (Å²) in [6, 6.07) is -0.830. The summed E-state index contributed by atoms with van der Waals surface area (Å²) in [5, 5.41) is 54.4. The average molecular weight is 946 g/mol. The van der Waals surface area contributed by atoms with Crippen LogP contribution in [0.1, 0.15) is 258 Å². The predicted octanol–water partition coefficient (Wildman–Crippen LogP) is 13.7. The minimum absolute atomic E-state index is 0.192. The number of amides is 1. The van der Waals surface area contributed by atoms with E-state index in [1.807, 2.05) is 6.08 Å². The van der Waals surface area contributed by atoms with Gasteiger partial charge in [0.15, 0.2) is 6.29 Å². The predicted molar refractivity (Wildman–Crippen MR) is 281 cm³/mol. The maximum atomic E-state index is 13.0. The van der Waals surface area contributed by atoms with E-state index in [0.717, 1.165) is 44.9 Å². The van der Waals surface area contributed by atoms with E-state index in [-0.39, 0.29) is 12.5 Å². The largest absolute Gasteiger partial charge is 0.394 e. The first-order chi connectivity index (χ1) is 32.8. The molecule has 7 atom stereocenters. The van der Waals surface area contributed by atoms with Gasteiger partial charge in [-0.05, 0) is 70.6 Å². The molecule has 0 aromatic heterocycles. The van der Waals surface area contributed by atoms with Gasteiger partial charge in [-0.2, -0.15) is 0 Å².